The van der Waals surface area contributed by atoms with Crippen molar-refractivity contribution in [3.05, 3.63) is 53.2 Å². The molecule has 1 atom stereocenters. The van der Waals surface area contributed by atoms with Gasteiger partial charge in [0.05, 0.1) is 17.5 Å². The second-order valence-electron chi connectivity index (χ2n) is 7.13. The summed E-state index contributed by atoms with van der Waals surface area (Å²) in [4.78, 5) is 35.0. The van der Waals surface area contributed by atoms with Crippen LogP contribution in [0.1, 0.15) is 33.9 Å². The lowest BCUT2D eigenvalue weighted by molar-refractivity contribution is 0.0901. The van der Waals surface area contributed by atoms with Gasteiger partial charge in [-0.3, -0.25) is 9.36 Å². The lowest BCUT2D eigenvalue weighted by Gasteiger charge is -2.23. The van der Waals surface area contributed by atoms with Crippen LogP contribution in [0.25, 0.3) is 10.9 Å². The summed E-state index contributed by atoms with van der Waals surface area (Å²) in [6, 6.07) is 7.56. The number of H-pyrrole nitrogens is 1. The van der Waals surface area contributed by atoms with Gasteiger partial charge in [-0.1, -0.05) is 18.2 Å². The minimum absolute atomic E-state index is 0.0989. The number of hydrogen-bond acceptors (Lipinski definition) is 3. The molecule has 4 rings (SSSR count). The molecule has 0 bridgehead atoms. The number of carbonyl (C=O) groups is 2. The molecule has 3 aromatic rings. The van der Waals surface area contributed by atoms with E-state index >= 15 is 0 Å². The predicted octanol–water partition coefficient (Wildman–Crippen LogP) is 3.19. The lowest BCUT2D eigenvalue weighted by atomic mass is 9.82. The number of imidazole rings is 1. The molecular formula is C20H22N4O2. The number of carbonyl (C=O) groups excluding carboxylic acids is 2. The largest absolute Gasteiger partial charge is 0.348 e. The van der Waals surface area contributed by atoms with Gasteiger partial charge in [-0.15, -0.1) is 0 Å². The quantitative estimate of drug-likeness (QED) is 0.771. The predicted molar refractivity (Wildman–Crippen MR) is 99.6 cm³/mol. The van der Waals surface area contributed by atoms with Crippen molar-refractivity contribution in [2.75, 3.05) is 14.1 Å². The normalized spacial score (nSPS) is 16.7. The highest BCUT2D eigenvalue weighted by atomic mass is 16.2. The third-order valence-corrected chi connectivity index (χ3v) is 5.27. The van der Waals surface area contributed by atoms with Gasteiger partial charge in [-0.2, -0.15) is 0 Å². The molecule has 1 aliphatic rings. The highest BCUT2D eigenvalue weighted by Gasteiger charge is 2.34. The number of benzene rings is 1. The monoisotopic (exact) mass is 350 g/mol. The number of nitrogens with zero attached hydrogens (tertiary/aromatic N) is 3. The molecule has 0 saturated carbocycles. The van der Waals surface area contributed by atoms with E-state index in [1.54, 1.807) is 29.9 Å². The molecule has 1 unspecified atom stereocenters. The number of aryl methyl sites for hydroxylation is 1. The van der Waals surface area contributed by atoms with Gasteiger partial charge < -0.3 is 9.88 Å². The average Bonchev–Trinajstić information content (AvgIpc) is 3.18. The summed E-state index contributed by atoms with van der Waals surface area (Å²) in [5, 5.41) is 0.867. The average molecular weight is 350 g/mol. The van der Waals surface area contributed by atoms with Crippen LogP contribution in [-0.2, 0) is 12.8 Å². The third-order valence-electron chi connectivity index (χ3n) is 5.27. The van der Waals surface area contributed by atoms with E-state index in [0.29, 0.717) is 18.4 Å². The molecule has 0 aliphatic heterocycles. The first-order valence-electron chi connectivity index (χ1n) is 8.86. The van der Waals surface area contributed by atoms with Gasteiger partial charge >= 0.3 is 6.03 Å². The zero-order valence-corrected chi connectivity index (χ0v) is 15.2. The van der Waals surface area contributed by atoms with E-state index < -0.39 is 0 Å². The standard InChI is InChI=1S/C20H22N4O2/c1-12-15(22-11-21-12)10-13-8-9-17-18(19(13)25)14-6-4-5-7-16(14)24(17)20(26)23(2)3/h4-7,11,13H,8-10H2,1-3H3,(H,21,22). The maximum Gasteiger partial charge on any atom is 0.328 e. The van der Waals surface area contributed by atoms with E-state index in [4.69, 9.17) is 0 Å². The van der Waals surface area contributed by atoms with Crippen LogP contribution >= 0.6 is 0 Å². The Morgan fingerprint density at radius 3 is 2.81 bits per heavy atom. The summed E-state index contributed by atoms with van der Waals surface area (Å²) >= 11 is 0. The Kier molecular flexibility index (Phi) is 3.90. The van der Waals surface area contributed by atoms with Crippen molar-refractivity contribution in [3.8, 4) is 0 Å². The number of aromatic nitrogens is 3. The molecule has 2 aromatic heterocycles. The fraction of sp³-hybridized carbons (Fsp3) is 0.350. The van der Waals surface area contributed by atoms with Gasteiger partial charge in [0.15, 0.2) is 5.78 Å². The van der Waals surface area contributed by atoms with Gasteiger partial charge in [0.2, 0.25) is 0 Å². The van der Waals surface area contributed by atoms with Crippen molar-refractivity contribution in [2.24, 2.45) is 5.92 Å². The Balaban J connectivity index is 1.82. The first kappa shape index (κ1) is 16.6. The van der Waals surface area contributed by atoms with Crippen molar-refractivity contribution in [3.63, 3.8) is 0 Å². The van der Waals surface area contributed by atoms with Crippen molar-refractivity contribution >= 4 is 22.7 Å². The minimum atomic E-state index is -0.114. The van der Waals surface area contributed by atoms with Gasteiger partial charge in [0.25, 0.3) is 0 Å². The molecule has 0 spiro atoms. The van der Waals surface area contributed by atoms with Crippen LogP contribution in [0, 0.1) is 12.8 Å². The molecule has 0 fully saturated rings. The van der Waals surface area contributed by atoms with Crippen molar-refractivity contribution in [1.29, 1.82) is 0 Å². The van der Waals surface area contributed by atoms with Crippen LogP contribution in [0.2, 0.25) is 0 Å². The van der Waals surface area contributed by atoms with Crippen LogP contribution in [-0.4, -0.2) is 45.3 Å². The number of aromatic amines is 1. The first-order valence-corrected chi connectivity index (χ1v) is 8.86. The summed E-state index contributed by atoms with van der Waals surface area (Å²) in [7, 11) is 3.47. The van der Waals surface area contributed by atoms with Crippen LogP contribution in [0.15, 0.2) is 30.6 Å². The maximum absolute atomic E-state index is 13.3. The second-order valence-corrected chi connectivity index (χ2v) is 7.13. The van der Waals surface area contributed by atoms with E-state index in [0.717, 1.165) is 34.4 Å². The Morgan fingerprint density at radius 1 is 1.35 bits per heavy atom. The maximum atomic E-state index is 13.3. The first-order chi connectivity index (χ1) is 12.5. The number of hydrogen-bond donors (Lipinski definition) is 1. The fourth-order valence-corrected chi connectivity index (χ4v) is 3.89. The lowest BCUT2D eigenvalue weighted by Crippen LogP contribution is -2.31. The zero-order valence-electron chi connectivity index (χ0n) is 15.2. The number of nitrogens with one attached hydrogen (secondary N) is 1. The Bertz CT molecular complexity index is 1010. The van der Waals surface area contributed by atoms with Crippen molar-refractivity contribution in [2.45, 2.75) is 26.2 Å². The van der Waals surface area contributed by atoms with E-state index in [-0.39, 0.29) is 17.7 Å². The smallest absolute Gasteiger partial charge is 0.328 e. The Hall–Kier alpha value is -2.89. The molecule has 134 valence electrons. The molecule has 6 nitrogen and oxygen atoms in total. The van der Waals surface area contributed by atoms with Gasteiger partial charge in [0.1, 0.15) is 0 Å². The Labute approximate surface area is 151 Å². The Morgan fingerprint density at radius 2 is 2.12 bits per heavy atom. The fourth-order valence-electron chi connectivity index (χ4n) is 3.89. The minimum Gasteiger partial charge on any atom is -0.348 e. The highest BCUT2D eigenvalue weighted by Crippen LogP contribution is 2.35. The molecule has 2 heterocycles. The van der Waals surface area contributed by atoms with E-state index in [1.165, 1.54) is 0 Å². The molecule has 1 N–H and O–H groups in total. The van der Waals surface area contributed by atoms with E-state index in [1.807, 2.05) is 31.2 Å². The number of para-hydroxylation sites is 1. The summed E-state index contributed by atoms with van der Waals surface area (Å²) in [6.45, 7) is 1.97. The van der Waals surface area contributed by atoms with Crippen LogP contribution in [0.4, 0.5) is 4.79 Å². The number of amides is 1. The summed E-state index contributed by atoms with van der Waals surface area (Å²) in [6.07, 6.45) is 3.75. The topological polar surface area (TPSA) is 71.0 Å². The molecule has 1 amide bonds. The molecule has 26 heavy (non-hydrogen) atoms. The molecule has 1 aliphatic carbocycles. The molecule has 1 aromatic carbocycles. The highest BCUT2D eigenvalue weighted by molar-refractivity contribution is 6.13. The zero-order chi connectivity index (χ0) is 18.4. The third kappa shape index (κ3) is 2.44. The van der Waals surface area contributed by atoms with Crippen LogP contribution in [0.3, 0.4) is 0 Å². The summed E-state index contributed by atoms with van der Waals surface area (Å²) in [5.74, 6) is 0.0216. The van der Waals surface area contributed by atoms with Crippen molar-refractivity contribution in [1.82, 2.24) is 19.4 Å². The van der Waals surface area contributed by atoms with Crippen LogP contribution in [0.5, 0.6) is 0 Å². The number of fused-ring (bicyclic) bond motifs is 3. The molecular weight excluding hydrogens is 328 g/mol. The molecule has 0 saturated heterocycles. The van der Waals surface area contributed by atoms with Gasteiger partial charge in [-0.25, -0.2) is 9.78 Å². The second kappa shape index (κ2) is 6.12. The molecule has 0 radical (unpaired) electrons. The number of Topliss-reactive ketones (excluding diaryl/α,β-unsaturated/α-hetero) is 1. The molecule has 6 heteroatoms. The summed E-state index contributed by atoms with van der Waals surface area (Å²) < 4.78 is 1.71. The number of rotatable bonds is 2. The van der Waals surface area contributed by atoms with Crippen molar-refractivity contribution < 1.29 is 9.59 Å². The van der Waals surface area contributed by atoms with Gasteiger partial charge in [0, 0.05) is 48.8 Å². The summed E-state index contributed by atoms with van der Waals surface area (Å²) in [5.41, 5.74) is 4.31. The SMILES string of the molecule is Cc1[nH]cnc1CC1CCc2c(c3ccccc3n2C(=O)N(C)C)C1=O. The number of ketones is 1. The van der Waals surface area contributed by atoms with E-state index in [2.05, 4.69) is 9.97 Å². The van der Waals surface area contributed by atoms with E-state index in [9.17, 15) is 9.59 Å². The van der Waals surface area contributed by atoms with Crippen LogP contribution < -0.4 is 0 Å². The van der Waals surface area contributed by atoms with Gasteiger partial charge in [-0.05, 0) is 25.8 Å².